The summed E-state index contributed by atoms with van der Waals surface area (Å²) >= 11 is 3.48. The van der Waals surface area contributed by atoms with Crippen LogP contribution in [0.3, 0.4) is 0 Å². The summed E-state index contributed by atoms with van der Waals surface area (Å²) in [4.78, 5) is 4.21. The highest BCUT2D eigenvalue weighted by molar-refractivity contribution is 14.1. The van der Waals surface area contributed by atoms with Crippen LogP contribution in [0.1, 0.15) is 11.4 Å². The average molecular weight is 320 g/mol. The summed E-state index contributed by atoms with van der Waals surface area (Å²) in [7, 11) is 0. The summed E-state index contributed by atoms with van der Waals surface area (Å²) in [6.45, 7) is 0. The van der Waals surface area contributed by atoms with Gasteiger partial charge in [-0.25, -0.2) is 9.37 Å². The van der Waals surface area contributed by atoms with Gasteiger partial charge in [0.05, 0.1) is 0 Å². The zero-order chi connectivity index (χ0) is 9.97. The van der Waals surface area contributed by atoms with E-state index in [4.69, 9.17) is 0 Å². The van der Waals surface area contributed by atoms with Crippen molar-refractivity contribution in [1.82, 2.24) is 9.36 Å². The molecule has 2 rings (SSSR count). The van der Waals surface area contributed by atoms with Crippen LogP contribution >= 0.6 is 34.1 Å². The van der Waals surface area contributed by atoms with Crippen LogP contribution in [0.15, 0.2) is 24.3 Å². The highest BCUT2D eigenvalue weighted by Crippen LogP contribution is 2.12. The molecule has 0 amide bonds. The number of aromatic nitrogens is 2. The molecule has 0 atom stereocenters. The van der Waals surface area contributed by atoms with Gasteiger partial charge in [-0.05, 0) is 51.8 Å². The Hall–Kier alpha value is -0.560. The molecule has 0 unspecified atom stereocenters. The number of hydrogen-bond acceptors (Lipinski definition) is 3. The van der Waals surface area contributed by atoms with Crippen LogP contribution in [-0.4, -0.2) is 9.36 Å². The second kappa shape index (κ2) is 4.31. The summed E-state index contributed by atoms with van der Waals surface area (Å²) in [5.41, 5.74) is 0.902. The minimum atomic E-state index is -0.215. The minimum absolute atomic E-state index is 0.215. The third-order valence-electron chi connectivity index (χ3n) is 1.69. The molecule has 0 aliphatic rings. The van der Waals surface area contributed by atoms with Crippen molar-refractivity contribution in [3.8, 4) is 0 Å². The van der Waals surface area contributed by atoms with Crippen molar-refractivity contribution in [2.45, 2.75) is 6.42 Å². The predicted molar refractivity (Wildman–Crippen MR) is 61.8 cm³/mol. The largest absolute Gasteiger partial charge is 0.213 e. The van der Waals surface area contributed by atoms with Crippen molar-refractivity contribution in [2.75, 3.05) is 0 Å². The Morgan fingerprint density at radius 1 is 1.43 bits per heavy atom. The molecular weight excluding hydrogens is 314 g/mol. The fourth-order valence-corrected chi connectivity index (χ4v) is 2.14. The van der Waals surface area contributed by atoms with Gasteiger partial charge in [0.25, 0.3) is 0 Å². The van der Waals surface area contributed by atoms with Crippen LogP contribution in [0.5, 0.6) is 0 Å². The molecule has 0 fully saturated rings. The zero-order valence-corrected chi connectivity index (χ0v) is 10.0. The lowest BCUT2D eigenvalue weighted by Crippen LogP contribution is -1.91. The second-order valence-electron chi connectivity index (χ2n) is 2.77. The van der Waals surface area contributed by atoms with E-state index in [1.54, 1.807) is 6.07 Å². The number of benzene rings is 1. The molecule has 0 saturated heterocycles. The Kier molecular flexibility index (Phi) is 3.07. The minimum Gasteiger partial charge on any atom is -0.213 e. The molecular formula is C9H6FIN2S. The van der Waals surface area contributed by atoms with Crippen molar-refractivity contribution in [2.24, 2.45) is 0 Å². The first-order valence-electron chi connectivity index (χ1n) is 3.96. The average Bonchev–Trinajstić information content (AvgIpc) is 2.51. The summed E-state index contributed by atoms with van der Waals surface area (Å²) in [5.74, 6) is 0.539. The molecule has 0 aliphatic heterocycles. The summed E-state index contributed by atoms with van der Waals surface area (Å²) in [6, 6.07) is 6.51. The first-order valence-corrected chi connectivity index (χ1v) is 5.82. The molecule has 14 heavy (non-hydrogen) atoms. The fourth-order valence-electron chi connectivity index (χ4n) is 1.13. The van der Waals surface area contributed by atoms with Crippen molar-refractivity contribution >= 4 is 34.1 Å². The number of hydrogen-bond donors (Lipinski definition) is 0. The van der Waals surface area contributed by atoms with Crippen molar-refractivity contribution < 1.29 is 4.39 Å². The van der Waals surface area contributed by atoms with Gasteiger partial charge >= 0.3 is 0 Å². The Balaban J connectivity index is 2.18. The van der Waals surface area contributed by atoms with Gasteiger partial charge < -0.3 is 0 Å². The molecule has 0 bridgehead atoms. The maximum absolute atomic E-state index is 12.8. The molecule has 0 saturated carbocycles. The first-order chi connectivity index (χ1) is 6.74. The Labute approximate surface area is 98.5 Å². The Morgan fingerprint density at radius 2 is 2.29 bits per heavy atom. The van der Waals surface area contributed by atoms with E-state index >= 15 is 0 Å². The van der Waals surface area contributed by atoms with E-state index in [0.29, 0.717) is 6.42 Å². The second-order valence-corrected chi connectivity index (χ2v) is 5.28. The normalized spacial score (nSPS) is 10.4. The smallest absolute Gasteiger partial charge is 0.173 e. The summed E-state index contributed by atoms with van der Waals surface area (Å²) in [6.07, 6.45) is 0.595. The maximum atomic E-state index is 12.8. The van der Waals surface area contributed by atoms with Gasteiger partial charge in [-0.1, -0.05) is 12.1 Å². The molecule has 2 nitrogen and oxygen atoms in total. The van der Waals surface area contributed by atoms with Crippen molar-refractivity contribution in [1.29, 1.82) is 0 Å². The number of nitrogens with zero attached hydrogens (tertiary/aromatic N) is 2. The third kappa shape index (κ3) is 2.48. The molecule has 2 aromatic rings. The Morgan fingerprint density at radius 3 is 2.93 bits per heavy atom. The van der Waals surface area contributed by atoms with E-state index in [0.717, 1.165) is 14.4 Å². The quantitative estimate of drug-likeness (QED) is 0.795. The lowest BCUT2D eigenvalue weighted by atomic mass is 10.1. The van der Waals surface area contributed by atoms with Crippen LogP contribution in [0, 0.1) is 8.83 Å². The molecule has 72 valence electrons. The molecule has 1 aromatic heterocycles. The standard InChI is InChI=1S/C9H6FIN2S/c10-7-3-1-2-6(4-7)5-8-12-9(11)14-13-8/h1-4H,5H2. The number of rotatable bonds is 2. The predicted octanol–water partition coefficient (Wildman–Crippen LogP) is 2.87. The van der Waals surface area contributed by atoms with E-state index in [9.17, 15) is 4.39 Å². The molecule has 0 spiro atoms. The molecule has 0 aliphatic carbocycles. The van der Waals surface area contributed by atoms with E-state index in [1.165, 1.54) is 23.7 Å². The zero-order valence-electron chi connectivity index (χ0n) is 7.08. The van der Waals surface area contributed by atoms with Crippen LogP contribution in [0.25, 0.3) is 0 Å². The van der Waals surface area contributed by atoms with Crippen molar-refractivity contribution in [3.63, 3.8) is 0 Å². The highest BCUT2D eigenvalue weighted by Gasteiger charge is 2.03. The highest BCUT2D eigenvalue weighted by atomic mass is 127. The van der Waals surface area contributed by atoms with Gasteiger partial charge in [0.15, 0.2) is 3.01 Å². The van der Waals surface area contributed by atoms with Crippen LogP contribution in [0.4, 0.5) is 4.39 Å². The Bertz CT molecular complexity index is 444. The molecule has 1 heterocycles. The SMILES string of the molecule is Fc1cccc(Cc2nsc(I)n2)c1. The van der Waals surface area contributed by atoms with E-state index in [-0.39, 0.29) is 5.82 Å². The van der Waals surface area contributed by atoms with E-state index in [1.807, 2.05) is 6.07 Å². The van der Waals surface area contributed by atoms with Gasteiger partial charge in [0.1, 0.15) is 11.6 Å². The monoisotopic (exact) mass is 320 g/mol. The van der Waals surface area contributed by atoms with Gasteiger partial charge in [-0.3, -0.25) is 0 Å². The van der Waals surface area contributed by atoms with Crippen LogP contribution in [0.2, 0.25) is 0 Å². The van der Waals surface area contributed by atoms with Gasteiger partial charge in [-0.2, -0.15) is 4.37 Å². The van der Waals surface area contributed by atoms with Crippen LogP contribution in [-0.2, 0) is 6.42 Å². The third-order valence-corrected chi connectivity index (χ3v) is 3.07. The maximum Gasteiger partial charge on any atom is 0.173 e. The molecule has 0 radical (unpaired) electrons. The van der Waals surface area contributed by atoms with Crippen molar-refractivity contribution in [3.05, 3.63) is 44.5 Å². The van der Waals surface area contributed by atoms with Gasteiger partial charge in [0.2, 0.25) is 0 Å². The van der Waals surface area contributed by atoms with E-state index in [2.05, 4.69) is 31.9 Å². The number of halogens is 2. The van der Waals surface area contributed by atoms with Gasteiger partial charge in [0, 0.05) is 6.42 Å². The first kappa shape index (κ1) is 9.97. The molecule has 0 N–H and O–H groups in total. The lowest BCUT2D eigenvalue weighted by molar-refractivity contribution is 0.626. The lowest BCUT2D eigenvalue weighted by Gasteiger charge is -1.96. The summed E-state index contributed by atoms with van der Waals surface area (Å²) in [5, 5.41) is 0. The topological polar surface area (TPSA) is 25.8 Å². The fraction of sp³-hybridized carbons (Fsp3) is 0.111. The molecule has 5 heteroatoms. The molecule has 1 aromatic carbocycles. The van der Waals surface area contributed by atoms with Gasteiger partial charge in [-0.15, -0.1) is 0 Å². The van der Waals surface area contributed by atoms with Crippen LogP contribution < -0.4 is 0 Å². The van der Waals surface area contributed by atoms with E-state index < -0.39 is 0 Å². The summed E-state index contributed by atoms with van der Waals surface area (Å²) < 4.78 is 17.9.